The summed E-state index contributed by atoms with van der Waals surface area (Å²) in [6, 6.07) is 4.08. The van der Waals surface area contributed by atoms with Crippen molar-refractivity contribution in [3.63, 3.8) is 0 Å². The second-order valence-corrected chi connectivity index (χ2v) is 3.83. The molecule has 1 aromatic rings. The molecule has 0 aromatic carbocycles. The topological polar surface area (TPSA) is 12.9 Å². The predicted octanol–water partition coefficient (Wildman–Crippen LogP) is 0.945. The van der Waals surface area contributed by atoms with Crippen molar-refractivity contribution >= 4 is 19.4 Å². The van der Waals surface area contributed by atoms with Crippen LogP contribution in [0.2, 0.25) is 0 Å². The molecule has 10 heavy (non-hydrogen) atoms. The third-order valence-electron chi connectivity index (χ3n) is 0.975. The molecular formula is C8H9NSe. The standard InChI is InChI=1S/C8H9NSe/c1-2-6-10-8-4-3-5-9-7-8/h2-7H,1H3. The number of hydrogen-bond acceptors (Lipinski definition) is 1. The van der Waals surface area contributed by atoms with Crippen LogP contribution >= 0.6 is 0 Å². The molecule has 1 aromatic heterocycles. The Labute approximate surface area is 67.3 Å². The van der Waals surface area contributed by atoms with Gasteiger partial charge in [0, 0.05) is 0 Å². The van der Waals surface area contributed by atoms with Crippen molar-refractivity contribution in [3.05, 3.63) is 35.6 Å². The van der Waals surface area contributed by atoms with E-state index < -0.39 is 0 Å². The molecule has 0 atom stereocenters. The van der Waals surface area contributed by atoms with E-state index in [4.69, 9.17) is 0 Å². The molecule has 0 N–H and O–H groups in total. The van der Waals surface area contributed by atoms with Crippen molar-refractivity contribution in [2.24, 2.45) is 0 Å². The van der Waals surface area contributed by atoms with Crippen molar-refractivity contribution < 1.29 is 0 Å². The number of rotatable bonds is 2. The van der Waals surface area contributed by atoms with Gasteiger partial charge < -0.3 is 0 Å². The Morgan fingerprint density at radius 2 is 2.50 bits per heavy atom. The predicted molar refractivity (Wildman–Crippen MR) is 44.4 cm³/mol. The Bertz CT molecular complexity index is 206. The first kappa shape index (κ1) is 7.52. The molecule has 0 amide bonds. The molecule has 1 heterocycles. The van der Waals surface area contributed by atoms with Crippen LogP contribution in [-0.4, -0.2) is 19.9 Å². The fraction of sp³-hybridized carbons (Fsp3) is 0.125. The SMILES string of the molecule is CC=C[Se]c1cccnc1. The second-order valence-electron chi connectivity index (χ2n) is 1.78. The number of pyridine rings is 1. The molecule has 52 valence electrons. The van der Waals surface area contributed by atoms with Gasteiger partial charge in [0.05, 0.1) is 0 Å². The zero-order valence-corrected chi connectivity index (χ0v) is 7.53. The van der Waals surface area contributed by atoms with Crippen molar-refractivity contribution in [1.82, 2.24) is 4.98 Å². The van der Waals surface area contributed by atoms with E-state index >= 15 is 0 Å². The molecule has 0 aliphatic carbocycles. The van der Waals surface area contributed by atoms with E-state index in [-0.39, 0.29) is 0 Å². The summed E-state index contributed by atoms with van der Waals surface area (Å²) in [5, 5.41) is 0. The van der Waals surface area contributed by atoms with E-state index in [2.05, 4.69) is 22.1 Å². The first-order valence-electron chi connectivity index (χ1n) is 3.11. The van der Waals surface area contributed by atoms with Crippen molar-refractivity contribution in [1.29, 1.82) is 0 Å². The van der Waals surface area contributed by atoms with Crippen molar-refractivity contribution in [2.45, 2.75) is 6.92 Å². The molecule has 0 spiro atoms. The Balaban J connectivity index is 2.59. The van der Waals surface area contributed by atoms with Gasteiger partial charge in [-0.05, 0) is 0 Å². The van der Waals surface area contributed by atoms with Crippen molar-refractivity contribution in [3.8, 4) is 0 Å². The summed E-state index contributed by atoms with van der Waals surface area (Å²) in [4.78, 5) is 6.20. The van der Waals surface area contributed by atoms with Crippen LogP contribution < -0.4 is 4.46 Å². The number of aromatic nitrogens is 1. The van der Waals surface area contributed by atoms with Gasteiger partial charge in [0.25, 0.3) is 0 Å². The molecule has 0 saturated carbocycles. The summed E-state index contributed by atoms with van der Waals surface area (Å²) in [5.41, 5.74) is 0. The monoisotopic (exact) mass is 199 g/mol. The normalized spacial score (nSPS) is 10.5. The quantitative estimate of drug-likeness (QED) is 0.644. The maximum atomic E-state index is 4.02. The molecule has 1 nitrogen and oxygen atoms in total. The first-order valence-corrected chi connectivity index (χ1v) is 4.96. The fourth-order valence-electron chi connectivity index (χ4n) is 0.563. The summed E-state index contributed by atoms with van der Waals surface area (Å²) >= 11 is 0.475. The van der Waals surface area contributed by atoms with Crippen molar-refractivity contribution in [2.75, 3.05) is 0 Å². The van der Waals surface area contributed by atoms with Crippen LogP contribution in [0, 0.1) is 0 Å². The molecule has 0 saturated heterocycles. The summed E-state index contributed by atoms with van der Waals surface area (Å²) in [5.74, 6) is 0. The summed E-state index contributed by atoms with van der Waals surface area (Å²) in [6.45, 7) is 2.04. The van der Waals surface area contributed by atoms with Gasteiger partial charge in [0.15, 0.2) is 0 Å². The second kappa shape index (κ2) is 4.26. The molecule has 0 fully saturated rings. The zero-order valence-electron chi connectivity index (χ0n) is 5.82. The molecule has 2 heteroatoms. The molecule has 0 radical (unpaired) electrons. The van der Waals surface area contributed by atoms with Gasteiger partial charge in [-0.2, -0.15) is 0 Å². The Morgan fingerprint density at radius 1 is 1.60 bits per heavy atom. The summed E-state index contributed by atoms with van der Waals surface area (Å²) < 4.78 is 1.33. The number of allylic oxidation sites excluding steroid dienone is 1. The van der Waals surface area contributed by atoms with Crippen LogP contribution in [0.3, 0.4) is 0 Å². The fourth-order valence-corrected chi connectivity index (χ4v) is 1.76. The third-order valence-corrected chi connectivity index (χ3v) is 2.91. The Hall–Kier alpha value is -0.591. The van der Waals surface area contributed by atoms with Crippen LogP contribution in [0.4, 0.5) is 0 Å². The molecule has 0 aliphatic heterocycles. The summed E-state index contributed by atoms with van der Waals surface area (Å²) in [6.07, 6.45) is 5.79. The zero-order chi connectivity index (χ0) is 7.23. The van der Waals surface area contributed by atoms with Crippen LogP contribution in [0.1, 0.15) is 6.92 Å². The van der Waals surface area contributed by atoms with Crippen LogP contribution in [-0.2, 0) is 0 Å². The van der Waals surface area contributed by atoms with E-state index in [0.29, 0.717) is 15.0 Å². The first-order chi connectivity index (χ1) is 4.93. The third kappa shape index (κ3) is 2.34. The van der Waals surface area contributed by atoms with Gasteiger partial charge >= 0.3 is 66.9 Å². The van der Waals surface area contributed by atoms with Gasteiger partial charge in [-0.3, -0.25) is 0 Å². The molecular weight excluding hydrogens is 189 g/mol. The molecule has 0 aliphatic rings. The summed E-state index contributed by atoms with van der Waals surface area (Å²) in [7, 11) is 0. The van der Waals surface area contributed by atoms with E-state index in [9.17, 15) is 0 Å². The van der Waals surface area contributed by atoms with E-state index in [1.54, 1.807) is 6.20 Å². The number of hydrogen-bond donors (Lipinski definition) is 0. The average Bonchev–Trinajstić information content (AvgIpc) is 2.03. The van der Waals surface area contributed by atoms with Gasteiger partial charge in [-0.1, -0.05) is 0 Å². The molecule has 1 rings (SSSR count). The average molecular weight is 198 g/mol. The minimum atomic E-state index is 0.475. The van der Waals surface area contributed by atoms with Crippen LogP contribution in [0.25, 0.3) is 0 Å². The maximum absolute atomic E-state index is 4.02. The molecule has 0 unspecified atom stereocenters. The van der Waals surface area contributed by atoms with E-state index in [1.807, 2.05) is 19.2 Å². The Kier molecular flexibility index (Phi) is 3.20. The van der Waals surface area contributed by atoms with E-state index in [1.165, 1.54) is 4.46 Å². The van der Waals surface area contributed by atoms with Gasteiger partial charge in [-0.25, -0.2) is 0 Å². The minimum absolute atomic E-state index is 0.475. The van der Waals surface area contributed by atoms with Gasteiger partial charge in [-0.15, -0.1) is 0 Å². The van der Waals surface area contributed by atoms with Gasteiger partial charge in [0.2, 0.25) is 0 Å². The van der Waals surface area contributed by atoms with Crippen LogP contribution in [0.5, 0.6) is 0 Å². The van der Waals surface area contributed by atoms with E-state index in [0.717, 1.165) is 0 Å². The molecule has 0 bridgehead atoms. The van der Waals surface area contributed by atoms with Gasteiger partial charge in [0.1, 0.15) is 0 Å². The van der Waals surface area contributed by atoms with Crippen LogP contribution in [0.15, 0.2) is 35.6 Å². The Morgan fingerprint density at radius 3 is 3.10 bits per heavy atom. The number of nitrogens with zero attached hydrogens (tertiary/aromatic N) is 1.